The zero-order chi connectivity index (χ0) is 35.9. The van der Waals surface area contributed by atoms with Crippen LogP contribution < -0.4 is 0 Å². The van der Waals surface area contributed by atoms with Crippen molar-refractivity contribution in [1.29, 1.82) is 0 Å². The van der Waals surface area contributed by atoms with E-state index in [1.165, 1.54) is 92.9 Å². The third kappa shape index (κ3) is 4.51. The lowest BCUT2D eigenvalue weighted by Crippen LogP contribution is -2.11. The molecule has 0 amide bonds. The molecule has 0 bridgehead atoms. The van der Waals surface area contributed by atoms with Gasteiger partial charge in [0, 0.05) is 37.9 Å². The molecule has 0 aliphatic heterocycles. The van der Waals surface area contributed by atoms with Gasteiger partial charge in [-0.2, -0.15) is 0 Å². The third-order valence-electron chi connectivity index (χ3n) is 11.8. The van der Waals surface area contributed by atoms with Crippen molar-refractivity contribution in [2.45, 2.75) is 26.4 Å². The Morgan fingerprint density at radius 2 is 1.17 bits per heavy atom. The zero-order valence-corrected chi connectivity index (χ0v) is 30.2. The predicted molar refractivity (Wildman–Crippen MR) is 230 cm³/mol. The summed E-state index contributed by atoms with van der Waals surface area (Å²) in [4.78, 5) is 5.49. The molecule has 10 aromatic rings. The molecule has 0 unspecified atom stereocenters. The highest BCUT2D eigenvalue weighted by Gasteiger charge is 2.20. The summed E-state index contributed by atoms with van der Waals surface area (Å²) in [6, 6.07) is 53.3. The predicted octanol–water partition coefficient (Wildman–Crippen LogP) is 13.4. The molecule has 0 saturated heterocycles. The normalized spacial score (nSPS) is 14.0. The Labute approximate surface area is 313 Å². The van der Waals surface area contributed by atoms with Gasteiger partial charge in [-0.1, -0.05) is 128 Å². The molecule has 3 heteroatoms. The van der Waals surface area contributed by atoms with Crippen LogP contribution in [-0.4, -0.2) is 14.7 Å². The summed E-state index contributed by atoms with van der Waals surface area (Å²) in [6.45, 7) is 7.39. The highest BCUT2D eigenvalue weighted by Crippen LogP contribution is 2.41. The summed E-state index contributed by atoms with van der Waals surface area (Å²) in [6.07, 6.45) is 6.49. The maximum Gasteiger partial charge on any atom is 0.115 e. The van der Waals surface area contributed by atoms with Gasteiger partial charge in [-0.05, 0) is 94.8 Å². The Bertz CT molecular complexity index is 3260. The summed E-state index contributed by atoms with van der Waals surface area (Å²) in [5, 5.41) is 10.1. The Morgan fingerprint density at radius 3 is 1.96 bits per heavy atom. The Balaban J connectivity index is 1.06. The third-order valence-corrected chi connectivity index (χ3v) is 11.8. The van der Waals surface area contributed by atoms with E-state index >= 15 is 0 Å². The van der Waals surface area contributed by atoms with Crippen molar-refractivity contribution in [2.24, 2.45) is 4.99 Å². The zero-order valence-electron chi connectivity index (χ0n) is 30.2. The minimum absolute atomic E-state index is 0.484. The quantitative estimate of drug-likeness (QED) is 0.155. The van der Waals surface area contributed by atoms with Gasteiger partial charge < -0.3 is 8.97 Å². The van der Waals surface area contributed by atoms with Crippen molar-refractivity contribution in [3.8, 4) is 11.1 Å². The minimum atomic E-state index is 0.484. The Morgan fingerprint density at radius 1 is 0.593 bits per heavy atom. The van der Waals surface area contributed by atoms with E-state index < -0.39 is 0 Å². The van der Waals surface area contributed by atoms with Gasteiger partial charge >= 0.3 is 0 Å². The van der Waals surface area contributed by atoms with Gasteiger partial charge in [-0.3, -0.25) is 4.99 Å². The fourth-order valence-electron chi connectivity index (χ4n) is 9.23. The number of rotatable bonds is 6. The summed E-state index contributed by atoms with van der Waals surface area (Å²) in [7, 11) is 0. The largest absolute Gasteiger partial charge is 0.320 e. The number of aromatic nitrogens is 2. The van der Waals surface area contributed by atoms with Crippen LogP contribution in [0.25, 0.3) is 81.8 Å². The first kappa shape index (κ1) is 30.9. The fourth-order valence-corrected chi connectivity index (χ4v) is 9.23. The SMILES string of the molecule is C=C(C1=C(C)C=CCC1)/C(=N\Cn1c2ccccc2c2cc(-c3ccc4c(c3)c3cccc5c6ccccc6n4c53)ccc21)c1cccc2ccccc12. The van der Waals surface area contributed by atoms with Crippen LogP contribution in [0.2, 0.25) is 0 Å². The first-order valence-electron chi connectivity index (χ1n) is 18.9. The van der Waals surface area contributed by atoms with Crippen molar-refractivity contribution in [3.05, 3.63) is 187 Å². The molecule has 0 saturated carbocycles. The van der Waals surface area contributed by atoms with Crippen molar-refractivity contribution in [1.82, 2.24) is 8.97 Å². The van der Waals surface area contributed by atoms with E-state index in [2.05, 4.69) is 174 Å². The van der Waals surface area contributed by atoms with Crippen LogP contribution >= 0.6 is 0 Å². The lowest BCUT2D eigenvalue weighted by atomic mass is 9.87. The van der Waals surface area contributed by atoms with Gasteiger partial charge in [0.1, 0.15) is 6.67 Å². The number of hydrogen-bond donors (Lipinski definition) is 0. The first-order chi connectivity index (χ1) is 26.6. The molecule has 54 heavy (non-hydrogen) atoms. The average Bonchev–Trinajstić information content (AvgIpc) is 3.86. The lowest BCUT2D eigenvalue weighted by molar-refractivity contribution is 0.792. The Kier molecular flexibility index (Phi) is 6.81. The standard InChI is InChI=1S/C51H37N3/c1-32-13-3-5-16-37(32)33(2)50(41-20-11-15-34-14-4-6-17-38(34)41)52-31-53-46-23-9-7-19-40(46)44-29-35(25-27-47(44)53)36-26-28-49-45(30-36)43-22-12-21-42-39-18-8-10-24-48(39)54(49)51(42)43/h3-4,6-15,17-30H,2,5,16,31H2,1H3/b52-50+. The van der Waals surface area contributed by atoms with E-state index in [1.54, 1.807) is 0 Å². The van der Waals surface area contributed by atoms with Crippen LogP contribution in [0.3, 0.4) is 0 Å². The van der Waals surface area contributed by atoms with E-state index in [0.717, 1.165) is 29.7 Å². The molecule has 0 N–H and O–H groups in total. The van der Waals surface area contributed by atoms with Gasteiger partial charge in [0.2, 0.25) is 0 Å². The molecule has 0 radical (unpaired) electrons. The smallest absolute Gasteiger partial charge is 0.115 e. The molecule has 7 aromatic carbocycles. The van der Waals surface area contributed by atoms with Crippen LogP contribution in [-0.2, 0) is 6.67 Å². The number of allylic oxidation sites excluding steroid dienone is 5. The van der Waals surface area contributed by atoms with Gasteiger partial charge in [0.05, 0.1) is 33.3 Å². The second kappa shape index (κ2) is 11.9. The monoisotopic (exact) mass is 691 g/mol. The molecule has 3 heterocycles. The molecule has 256 valence electrons. The molecule has 3 aromatic heterocycles. The van der Waals surface area contributed by atoms with E-state index in [0.29, 0.717) is 6.67 Å². The number of para-hydroxylation sites is 3. The molecule has 3 nitrogen and oxygen atoms in total. The number of benzene rings is 7. The van der Waals surface area contributed by atoms with E-state index in [9.17, 15) is 0 Å². The summed E-state index contributed by atoms with van der Waals surface area (Å²) < 4.78 is 4.82. The maximum atomic E-state index is 5.49. The molecule has 0 spiro atoms. The van der Waals surface area contributed by atoms with Crippen molar-refractivity contribution in [3.63, 3.8) is 0 Å². The fraction of sp³-hybridized carbons (Fsp3) is 0.0784. The summed E-state index contributed by atoms with van der Waals surface area (Å²) in [5.41, 5.74) is 14.3. The van der Waals surface area contributed by atoms with Crippen molar-refractivity contribution < 1.29 is 0 Å². The second-order valence-corrected chi connectivity index (χ2v) is 14.7. The van der Waals surface area contributed by atoms with Crippen LogP contribution in [0.4, 0.5) is 0 Å². The van der Waals surface area contributed by atoms with Crippen LogP contribution in [0.1, 0.15) is 25.3 Å². The Hall–Kier alpha value is -6.71. The topological polar surface area (TPSA) is 21.7 Å². The number of hydrogen-bond acceptors (Lipinski definition) is 1. The molecule has 0 fully saturated rings. The maximum absolute atomic E-state index is 5.49. The van der Waals surface area contributed by atoms with Crippen LogP contribution in [0.15, 0.2) is 186 Å². The highest BCUT2D eigenvalue weighted by atomic mass is 15.1. The van der Waals surface area contributed by atoms with Gasteiger partial charge in [-0.25, -0.2) is 0 Å². The van der Waals surface area contributed by atoms with E-state index in [4.69, 9.17) is 11.6 Å². The molecule has 1 aliphatic rings. The lowest BCUT2D eigenvalue weighted by Gasteiger charge is -2.19. The molecular formula is C51H37N3. The van der Waals surface area contributed by atoms with Gasteiger partial charge in [-0.15, -0.1) is 0 Å². The molecule has 11 rings (SSSR count). The molecule has 1 aliphatic carbocycles. The van der Waals surface area contributed by atoms with Crippen LogP contribution in [0.5, 0.6) is 0 Å². The second-order valence-electron chi connectivity index (χ2n) is 14.7. The summed E-state index contributed by atoms with van der Waals surface area (Å²) >= 11 is 0. The van der Waals surface area contributed by atoms with Gasteiger partial charge in [0.25, 0.3) is 0 Å². The number of aliphatic imine (C=N–C) groups is 1. The number of fused-ring (bicyclic) bond motifs is 10. The average molecular weight is 692 g/mol. The molecule has 0 atom stereocenters. The van der Waals surface area contributed by atoms with Crippen molar-refractivity contribution >= 4 is 76.4 Å². The van der Waals surface area contributed by atoms with Crippen LogP contribution in [0, 0.1) is 0 Å². The van der Waals surface area contributed by atoms with E-state index in [-0.39, 0.29) is 0 Å². The van der Waals surface area contributed by atoms with Gasteiger partial charge in [0.15, 0.2) is 0 Å². The highest BCUT2D eigenvalue weighted by molar-refractivity contribution is 6.24. The minimum Gasteiger partial charge on any atom is -0.320 e. The first-order valence-corrected chi connectivity index (χ1v) is 18.9. The molecular weight excluding hydrogens is 655 g/mol. The van der Waals surface area contributed by atoms with E-state index in [1.807, 2.05) is 0 Å². The number of nitrogens with zero attached hydrogens (tertiary/aromatic N) is 3. The van der Waals surface area contributed by atoms with Crippen molar-refractivity contribution in [2.75, 3.05) is 0 Å². The summed E-state index contributed by atoms with van der Waals surface area (Å²) in [5.74, 6) is 0.